The molecule has 4 nitrogen and oxygen atoms in total. The molecule has 1 atom stereocenters. The quantitative estimate of drug-likeness (QED) is 0.803. The van der Waals surface area contributed by atoms with Crippen LogP contribution in [0.3, 0.4) is 0 Å². The van der Waals surface area contributed by atoms with Gasteiger partial charge in [-0.2, -0.15) is 0 Å². The highest BCUT2D eigenvalue weighted by molar-refractivity contribution is 7.90. The molecule has 1 aromatic rings. The van der Waals surface area contributed by atoms with Gasteiger partial charge in [0.2, 0.25) is 0 Å². The third-order valence-corrected chi connectivity index (χ3v) is 3.11. The van der Waals surface area contributed by atoms with E-state index in [9.17, 15) is 8.42 Å². The normalized spacial score (nSPS) is 12.8. The molecule has 1 rings (SSSR count). The molecule has 0 bridgehead atoms. The first-order valence-corrected chi connectivity index (χ1v) is 6.69. The van der Waals surface area contributed by atoms with Crippen LogP contribution in [0, 0.1) is 12.3 Å². The van der Waals surface area contributed by atoms with Crippen LogP contribution in [-0.2, 0) is 9.84 Å². The van der Waals surface area contributed by atoms with Gasteiger partial charge in [0.25, 0.3) is 0 Å². The zero-order valence-electron chi connectivity index (χ0n) is 9.27. The topological polar surface area (TPSA) is 59.1 Å². The Labute approximate surface area is 96.0 Å². The molecule has 0 spiro atoms. The number of nitrogens with one attached hydrogen (secondary N) is 1. The summed E-state index contributed by atoms with van der Waals surface area (Å²) in [4.78, 5) is 4.20. The second kappa shape index (κ2) is 4.99. The second-order valence-electron chi connectivity index (χ2n) is 3.58. The molecule has 0 radical (unpaired) electrons. The van der Waals surface area contributed by atoms with Crippen molar-refractivity contribution in [1.29, 1.82) is 0 Å². The lowest BCUT2D eigenvalue weighted by Crippen LogP contribution is -2.17. The first-order valence-electron chi connectivity index (χ1n) is 4.80. The van der Waals surface area contributed by atoms with Crippen molar-refractivity contribution in [3.63, 3.8) is 0 Å². The molecule has 0 saturated heterocycles. The van der Waals surface area contributed by atoms with Crippen molar-refractivity contribution in [3.8, 4) is 12.3 Å². The number of aromatic nitrogens is 1. The zero-order chi connectivity index (χ0) is 12.2. The fraction of sp³-hybridized carbons (Fsp3) is 0.364. The number of hydrogen-bond donors (Lipinski definition) is 1. The Balaban J connectivity index is 3.02. The molecule has 5 heteroatoms. The van der Waals surface area contributed by atoms with Gasteiger partial charge < -0.3 is 5.32 Å². The number of rotatable bonds is 4. The number of nitrogens with zero attached hydrogens (tertiary/aromatic N) is 1. The lowest BCUT2D eigenvalue weighted by atomic mass is 10.2. The maximum Gasteiger partial charge on any atom is 0.179 e. The van der Waals surface area contributed by atoms with Crippen molar-refractivity contribution in [2.75, 3.05) is 11.6 Å². The van der Waals surface area contributed by atoms with E-state index in [-0.39, 0.29) is 10.9 Å². The molecule has 0 aliphatic heterocycles. The molecule has 16 heavy (non-hydrogen) atoms. The summed E-state index contributed by atoms with van der Waals surface area (Å²) < 4.78 is 22.9. The lowest BCUT2D eigenvalue weighted by Gasteiger charge is -2.13. The monoisotopic (exact) mass is 238 g/mol. The first-order chi connectivity index (χ1) is 7.45. The van der Waals surface area contributed by atoms with Crippen LogP contribution in [-0.4, -0.2) is 25.7 Å². The van der Waals surface area contributed by atoms with Crippen molar-refractivity contribution in [2.24, 2.45) is 0 Å². The number of sulfone groups is 1. The highest BCUT2D eigenvalue weighted by Gasteiger charge is 2.14. The van der Waals surface area contributed by atoms with E-state index >= 15 is 0 Å². The Hall–Kier alpha value is -1.54. The molecular formula is C11H14N2O2S. The lowest BCUT2D eigenvalue weighted by molar-refractivity contribution is 0.601. The number of terminal acetylenes is 1. The van der Waals surface area contributed by atoms with Crippen molar-refractivity contribution in [2.45, 2.75) is 24.3 Å². The van der Waals surface area contributed by atoms with Gasteiger partial charge in [0, 0.05) is 24.9 Å². The minimum Gasteiger partial charge on any atom is -0.366 e. The fourth-order valence-corrected chi connectivity index (χ4v) is 2.05. The van der Waals surface area contributed by atoms with E-state index in [2.05, 4.69) is 16.2 Å². The minimum absolute atomic E-state index is 0.0135. The van der Waals surface area contributed by atoms with E-state index in [0.29, 0.717) is 12.2 Å². The summed E-state index contributed by atoms with van der Waals surface area (Å²) in [6.45, 7) is 1.88. The predicted molar refractivity (Wildman–Crippen MR) is 63.9 cm³/mol. The SMILES string of the molecule is C#CCC(C)Nc1ncccc1S(C)(=O)=O. The Morgan fingerprint density at radius 2 is 2.31 bits per heavy atom. The van der Waals surface area contributed by atoms with Crippen LogP contribution in [0.4, 0.5) is 5.82 Å². The fourth-order valence-electron chi connectivity index (χ4n) is 1.26. The van der Waals surface area contributed by atoms with Gasteiger partial charge in [-0.3, -0.25) is 0 Å². The van der Waals surface area contributed by atoms with E-state index in [4.69, 9.17) is 6.42 Å². The Morgan fingerprint density at radius 1 is 1.62 bits per heavy atom. The third-order valence-electron chi connectivity index (χ3n) is 1.98. The zero-order valence-corrected chi connectivity index (χ0v) is 10.1. The average molecular weight is 238 g/mol. The summed E-state index contributed by atoms with van der Waals surface area (Å²) in [5.74, 6) is 2.86. The van der Waals surface area contributed by atoms with Crippen LogP contribution in [0.5, 0.6) is 0 Å². The summed E-state index contributed by atoms with van der Waals surface area (Å²) in [6, 6.07) is 3.10. The minimum atomic E-state index is -3.27. The summed E-state index contributed by atoms with van der Waals surface area (Å²) >= 11 is 0. The van der Waals surface area contributed by atoms with Crippen LogP contribution in [0.15, 0.2) is 23.2 Å². The summed E-state index contributed by atoms with van der Waals surface area (Å²) in [5.41, 5.74) is 0. The molecule has 0 aliphatic carbocycles. The van der Waals surface area contributed by atoms with Crippen LogP contribution in [0.2, 0.25) is 0 Å². The Kier molecular flexibility index (Phi) is 3.91. The maximum absolute atomic E-state index is 11.5. The third kappa shape index (κ3) is 3.24. The standard InChI is InChI=1S/C11H14N2O2S/c1-4-6-9(2)13-11-10(16(3,14)15)7-5-8-12-11/h1,5,7-9H,6H2,2-3H3,(H,12,13). The van der Waals surface area contributed by atoms with Crippen LogP contribution in [0.1, 0.15) is 13.3 Å². The molecule has 0 fully saturated rings. The molecule has 1 unspecified atom stereocenters. The van der Waals surface area contributed by atoms with Crippen molar-refractivity contribution >= 4 is 15.7 Å². The number of anilines is 1. The largest absolute Gasteiger partial charge is 0.366 e. The van der Waals surface area contributed by atoms with Gasteiger partial charge in [-0.25, -0.2) is 13.4 Å². The van der Waals surface area contributed by atoms with Gasteiger partial charge in [-0.15, -0.1) is 12.3 Å². The van der Waals surface area contributed by atoms with Crippen LogP contribution < -0.4 is 5.32 Å². The smallest absolute Gasteiger partial charge is 0.179 e. The highest BCUT2D eigenvalue weighted by atomic mass is 32.2. The second-order valence-corrected chi connectivity index (χ2v) is 5.56. The molecule has 1 heterocycles. The van der Waals surface area contributed by atoms with Crippen molar-refractivity contribution in [1.82, 2.24) is 4.98 Å². The Bertz CT molecular complexity index is 503. The summed E-state index contributed by atoms with van der Waals surface area (Å²) in [6.07, 6.45) is 8.39. The molecule has 0 aliphatic rings. The highest BCUT2D eigenvalue weighted by Crippen LogP contribution is 2.18. The predicted octanol–water partition coefficient (Wildman–Crippen LogP) is 1.31. The molecule has 86 valence electrons. The van der Waals surface area contributed by atoms with E-state index in [1.807, 2.05) is 6.92 Å². The molecule has 0 saturated carbocycles. The van der Waals surface area contributed by atoms with Gasteiger partial charge in [0.1, 0.15) is 10.7 Å². The van der Waals surface area contributed by atoms with Crippen LogP contribution >= 0.6 is 0 Å². The van der Waals surface area contributed by atoms with E-state index in [1.54, 1.807) is 12.3 Å². The van der Waals surface area contributed by atoms with E-state index in [1.165, 1.54) is 6.07 Å². The molecular weight excluding hydrogens is 224 g/mol. The average Bonchev–Trinajstić information content (AvgIpc) is 2.17. The first kappa shape index (κ1) is 12.5. The van der Waals surface area contributed by atoms with Crippen LogP contribution in [0.25, 0.3) is 0 Å². The van der Waals surface area contributed by atoms with Gasteiger partial charge in [0.15, 0.2) is 9.84 Å². The molecule has 0 amide bonds. The van der Waals surface area contributed by atoms with E-state index < -0.39 is 9.84 Å². The number of pyridine rings is 1. The molecule has 1 aromatic heterocycles. The number of hydrogen-bond acceptors (Lipinski definition) is 4. The maximum atomic E-state index is 11.5. The van der Waals surface area contributed by atoms with E-state index in [0.717, 1.165) is 6.26 Å². The summed E-state index contributed by atoms with van der Waals surface area (Å²) in [5, 5.41) is 2.99. The molecule has 1 N–H and O–H groups in total. The molecule has 0 aromatic carbocycles. The van der Waals surface area contributed by atoms with Gasteiger partial charge in [0.05, 0.1) is 0 Å². The Morgan fingerprint density at radius 3 is 2.88 bits per heavy atom. The van der Waals surface area contributed by atoms with Crippen molar-refractivity contribution < 1.29 is 8.42 Å². The van der Waals surface area contributed by atoms with Gasteiger partial charge in [-0.1, -0.05) is 0 Å². The van der Waals surface area contributed by atoms with Gasteiger partial charge >= 0.3 is 0 Å². The summed E-state index contributed by atoms with van der Waals surface area (Å²) in [7, 11) is -3.27. The van der Waals surface area contributed by atoms with Gasteiger partial charge in [-0.05, 0) is 19.1 Å². The van der Waals surface area contributed by atoms with Crippen molar-refractivity contribution in [3.05, 3.63) is 18.3 Å².